The third kappa shape index (κ3) is 2.95. The van der Waals surface area contributed by atoms with Crippen molar-refractivity contribution in [1.29, 1.82) is 0 Å². The predicted molar refractivity (Wildman–Crippen MR) is 62.2 cm³/mol. The molecular weight excluding hydrogens is 204 g/mol. The van der Waals surface area contributed by atoms with Crippen molar-refractivity contribution in [1.82, 2.24) is 4.90 Å². The summed E-state index contributed by atoms with van der Waals surface area (Å²) >= 11 is 0. The highest BCUT2D eigenvalue weighted by atomic mass is 16.5. The van der Waals surface area contributed by atoms with E-state index in [1.165, 1.54) is 0 Å². The molecule has 2 rings (SSSR count). The van der Waals surface area contributed by atoms with Gasteiger partial charge in [0.05, 0.1) is 12.7 Å². The van der Waals surface area contributed by atoms with E-state index in [2.05, 4.69) is 4.90 Å². The molecule has 1 atom stereocenters. The molecule has 0 aromatic heterocycles. The van der Waals surface area contributed by atoms with Crippen molar-refractivity contribution in [2.75, 3.05) is 26.2 Å². The van der Waals surface area contributed by atoms with E-state index in [0.717, 1.165) is 31.8 Å². The Morgan fingerprint density at radius 3 is 3.12 bits per heavy atom. The van der Waals surface area contributed by atoms with Crippen LogP contribution in [0, 0.1) is 0 Å². The van der Waals surface area contributed by atoms with E-state index < -0.39 is 0 Å². The number of nitrogens with two attached hydrogens (primary N) is 1. The maximum Gasteiger partial charge on any atom is 0.115 e. The van der Waals surface area contributed by atoms with E-state index >= 15 is 0 Å². The highest BCUT2D eigenvalue weighted by Crippen LogP contribution is 2.14. The summed E-state index contributed by atoms with van der Waals surface area (Å²) in [6, 6.07) is 7.37. The molecule has 16 heavy (non-hydrogen) atoms. The Kier molecular flexibility index (Phi) is 3.77. The second kappa shape index (κ2) is 5.30. The minimum atomic E-state index is 0.144. The number of ether oxygens (including phenoxy) is 1. The fraction of sp³-hybridized carbons (Fsp3) is 0.500. The van der Waals surface area contributed by atoms with Crippen molar-refractivity contribution in [3.8, 4) is 5.75 Å². The summed E-state index contributed by atoms with van der Waals surface area (Å²) in [5, 5.41) is 9.38. The Morgan fingerprint density at radius 2 is 2.38 bits per heavy atom. The molecule has 1 aromatic rings. The monoisotopic (exact) mass is 222 g/mol. The van der Waals surface area contributed by atoms with Crippen LogP contribution in [0.15, 0.2) is 24.3 Å². The summed E-state index contributed by atoms with van der Waals surface area (Å²) in [6.45, 7) is 3.93. The largest absolute Gasteiger partial charge is 0.508 e. The van der Waals surface area contributed by atoms with Gasteiger partial charge in [0.1, 0.15) is 5.75 Å². The second-order valence-electron chi connectivity index (χ2n) is 4.13. The number of hydrogen-bond acceptors (Lipinski definition) is 4. The first-order chi connectivity index (χ1) is 7.78. The highest BCUT2D eigenvalue weighted by molar-refractivity contribution is 5.27. The lowest BCUT2D eigenvalue weighted by molar-refractivity contribution is -0.0260. The fourth-order valence-corrected chi connectivity index (χ4v) is 1.98. The van der Waals surface area contributed by atoms with Gasteiger partial charge >= 0.3 is 0 Å². The van der Waals surface area contributed by atoms with Crippen molar-refractivity contribution in [3.63, 3.8) is 0 Å². The molecule has 3 N–H and O–H groups in total. The zero-order chi connectivity index (χ0) is 11.4. The zero-order valence-electron chi connectivity index (χ0n) is 9.30. The Labute approximate surface area is 95.6 Å². The molecule has 1 saturated heterocycles. The van der Waals surface area contributed by atoms with Gasteiger partial charge in [0.25, 0.3) is 0 Å². The lowest BCUT2D eigenvalue weighted by Gasteiger charge is -2.32. The molecule has 1 aliphatic heterocycles. The Balaban J connectivity index is 1.94. The molecule has 0 amide bonds. The molecule has 1 aromatic carbocycles. The SMILES string of the molecule is NCC1CN(Cc2cccc(O)c2)CCO1. The van der Waals surface area contributed by atoms with Crippen molar-refractivity contribution in [2.45, 2.75) is 12.6 Å². The molecule has 1 unspecified atom stereocenters. The van der Waals surface area contributed by atoms with Crippen LogP contribution in [0.2, 0.25) is 0 Å². The van der Waals surface area contributed by atoms with Gasteiger partial charge in [-0.2, -0.15) is 0 Å². The molecular formula is C12H18N2O2. The highest BCUT2D eigenvalue weighted by Gasteiger charge is 2.18. The number of phenols is 1. The summed E-state index contributed by atoms with van der Waals surface area (Å²) in [7, 11) is 0. The minimum Gasteiger partial charge on any atom is -0.508 e. The average Bonchev–Trinajstić information content (AvgIpc) is 2.29. The fourth-order valence-electron chi connectivity index (χ4n) is 1.98. The molecule has 4 heteroatoms. The molecule has 0 radical (unpaired) electrons. The van der Waals surface area contributed by atoms with E-state index in [-0.39, 0.29) is 6.10 Å². The van der Waals surface area contributed by atoms with Gasteiger partial charge in [0.2, 0.25) is 0 Å². The average molecular weight is 222 g/mol. The summed E-state index contributed by atoms with van der Waals surface area (Å²) in [4.78, 5) is 2.30. The number of phenolic OH excluding ortho intramolecular Hbond substituents is 1. The van der Waals surface area contributed by atoms with Gasteiger partial charge in [-0.25, -0.2) is 0 Å². The van der Waals surface area contributed by atoms with Crippen molar-refractivity contribution in [2.24, 2.45) is 5.73 Å². The third-order valence-electron chi connectivity index (χ3n) is 2.80. The third-order valence-corrected chi connectivity index (χ3v) is 2.80. The number of aromatic hydroxyl groups is 1. The number of hydrogen-bond donors (Lipinski definition) is 2. The molecule has 4 nitrogen and oxygen atoms in total. The van der Waals surface area contributed by atoms with Crippen LogP contribution in [0.25, 0.3) is 0 Å². The van der Waals surface area contributed by atoms with Crippen LogP contribution in [-0.4, -0.2) is 42.4 Å². The van der Waals surface area contributed by atoms with Crippen LogP contribution in [0.1, 0.15) is 5.56 Å². The molecule has 1 fully saturated rings. The van der Waals surface area contributed by atoms with E-state index in [1.807, 2.05) is 12.1 Å². The minimum absolute atomic E-state index is 0.144. The van der Waals surface area contributed by atoms with E-state index in [0.29, 0.717) is 12.3 Å². The van der Waals surface area contributed by atoms with Crippen LogP contribution in [0.4, 0.5) is 0 Å². The van der Waals surface area contributed by atoms with E-state index in [4.69, 9.17) is 10.5 Å². The van der Waals surface area contributed by atoms with Gasteiger partial charge in [0.15, 0.2) is 0 Å². The predicted octanol–water partition coefficient (Wildman–Crippen LogP) is 0.552. The standard InChI is InChI=1S/C12H18N2O2/c13-7-12-9-14(4-5-16-12)8-10-2-1-3-11(15)6-10/h1-3,6,12,15H,4-5,7-9,13H2. The summed E-state index contributed by atoms with van der Waals surface area (Å²) < 4.78 is 5.50. The van der Waals surface area contributed by atoms with Gasteiger partial charge in [-0.3, -0.25) is 4.90 Å². The number of nitrogens with zero attached hydrogens (tertiary/aromatic N) is 1. The van der Waals surface area contributed by atoms with Gasteiger partial charge in [-0.1, -0.05) is 12.1 Å². The normalized spacial score (nSPS) is 22.2. The second-order valence-corrected chi connectivity index (χ2v) is 4.13. The van der Waals surface area contributed by atoms with Gasteiger partial charge in [0, 0.05) is 26.2 Å². The molecule has 0 aliphatic carbocycles. The van der Waals surface area contributed by atoms with Crippen LogP contribution in [0.5, 0.6) is 5.75 Å². The summed E-state index contributed by atoms with van der Waals surface area (Å²) in [6.07, 6.45) is 0.144. The van der Waals surface area contributed by atoms with Crippen LogP contribution >= 0.6 is 0 Å². The first-order valence-electron chi connectivity index (χ1n) is 5.60. The molecule has 88 valence electrons. The first-order valence-corrected chi connectivity index (χ1v) is 5.60. The maximum atomic E-state index is 9.38. The molecule has 0 spiro atoms. The lowest BCUT2D eigenvalue weighted by atomic mass is 10.2. The van der Waals surface area contributed by atoms with Crippen molar-refractivity contribution >= 4 is 0 Å². The van der Waals surface area contributed by atoms with Gasteiger partial charge < -0.3 is 15.6 Å². The molecule has 1 heterocycles. The zero-order valence-corrected chi connectivity index (χ0v) is 9.30. The van der Waals surface area contributed by atoms with Crippen LogP contribution < -0.4 is 5.73 Å². The smallest absolute Gasteiger partial charge is 0.115 e. The van der Waals surface area contributed by atoms with Gasteiger partial charge in [-0.15, -0.1) is 0 Å². The number of morpholine rings is 1. The maximum absolute atomic E-state index is 9.38. The molecule has 1 aliphatic rings. The van der Waals surface area contributed by atoms with Crippen LogP contribution in [0.3, 0.4) is 0 Å². The first kappa shape index (κ1) is 11.4. The number of benzene rings is 1. The topological polar surface area (TPSA) is 58.7 Å². The lowest BCUT2D eigenvalue weighted by Crippen LogP contribution is -2.45. The Bertz CT molecular complexity index is 344. The summed E-state index contributed by atoms with van der Waals surface area (Å²) in [5.41, 5.74) is 6.71. The quantitative estimate of drug-likeness (QED) is 0.784. The summed E-state index contributed by atoms with van der Waals surface area (Å²) in [5.74, 6) is 0.320. The van der Waals surface area contributed by atoms with Crippen molar-refractivity contribution in [3.05, 3.63) is 29.8 Å². The molecule has 0 bridgehead atoms. The van der Waals surface area contributed by atoms with Crippen LogP contribution in [-0.2, 0) is 11.3 Å². The molecule has 0 saturated carbocycles. The Morgan fingerprint density at radius 1 is 1.50 bits per heavy atom. The van der Waals surface area contributed by atoms with Gasteiger partial charge in [-0.05, 0) is 17.7 Å². The van der Waals surface area contributed by atoms with Crippen molar-refractivity contribution < 1.29 is 9.84 Å². The number of rotatable bonds is 3. The van der Waals surface area contributed by atoms with E-state index in [1.54, 1.807) is 12.1 Å². The van der Waals surface area contributed by atoms with E-state index in [9.17, 15) is 5.11 Å². The Hall–Kier alpha value is -1.10.